The molecule has 14 rings (SSSR count). The topological polar surface area (TPSA) is 33.5 Å². The van der Waals surface area contributed by atoms with E-state index in [-0.39, 0.29) is 31.9 Å². The third-order valence-corrected chi connectivity index (χ3v) is 21.8. The Kier molecular flexibility index (Phi) is 15.1. The van der Waals surface area contributed by atoms with Gasteiger partial charge >= 0.3 is 0 Å². The van der Waals surface area contributed by atoms with Crippen molar-refractivity contribution in [3.63, 3.8) is 0 Å². The molecule has 1 aliphatic heterocycles. The van der Waals surface area contributed by atoms with Gasteiger partial charge in [0.05, 0.1) is 0 Å². The van der Waals surface area contributed by atoms with Crippen LogP contribution in [-0.2, 0) is 31.9 Å². The molecule has 0 unspecified atom stereocenters. The minimum atomic E-state index is -2.87. The average Bonchev–Trinajstić information content (AvgIpc) is 1.86. The van der Waals surface area contributed by atoms with Crippen LogP contribution in [-0.4, -0.2) is 17.6 Å². The SMILES string of the molecule is CC(C)(C)c1cccc(-c2cccc3c2N(c2c(-c4ccccc4)cccc2-c2ccccc2)[CH-]N3c2[c-]c(Oc3[c-]c4c(cc3)c3cc([Si](c5ccccc5)(c5ccccc5)c5ccccc5)ccc3n4-c3cc(C(C)(C)C)ccn3)ccc2)c1.[Pt]. The average molecular weight is 1320 g/mol. The predicted octanol–water partition coefficient (Wildman–Crippen LogP) is 18.0. The van der Waals surface area contributed by atoms with Crippen molar-refractivity contribution in [3.8, 4) is 50.7 Å². The number of para-hydroxylation sites is 2. The fourth-order valence-electron chi connectivity index (χ4n) is 12.7. The zero-order chi connectivity index (χ0) is 58.6. The van der Waals surface area contributed by atoms with Gasteiger partial charge in [0.1, 0.15) is 5.82 Å². The van der Waals surface area contributed by atoms with E-state index in [2.05, 4.69) is 342 Å². The second-order valence-corrected chi connectivity index (χ2v) is 28.3. The maximum Gasteiger partial charge on any atom is 0.179 e. The van der Waals surface area contributed by atoms with Crippen LogP contribution in [0.4, 0.5) is 22.7 Å². The molecular formula is C80H65N4OPtSi-3. The second-order valence-electron chi connectivity index (χ2n) is 24.4. The fourth-order valence-corrected chi connectivity index (χ4v) is 17.5. The monoisotopic (exact) mass is 1320 g/mol. The molecule has 0 spiro atoms. The third-order valence-electron chi connectivity index (χ3n) is 17.0. The van der Waals surface area contributed by atoms with Crippen LogP contribution in [0.25, 0.3) is 61.0 Å². The number of hydrogen-bond donors (Lipinski definition) is 0. The number of nitrogens with zero attached hydrogens (tertiary/aromatic N) is 4. The summed E-state index contributed by atoms with van der Waals surface area (Å²) in [4.78, 5) is 9.77. The molecule has 0 amide bonds. The largest absolute Gasteiger partial charge is 0.509 e. The van der Waals surface area contributed by atoms with Gasteiger partial charge in [0.2, 0.25) is 0 Å². The number of anilines is 4. The van der Waals surface area contributed by atoms with Gasteiger partial charge in [0.25, 0.3) is 0 Å². The molecule has 5 nitrogen and oxygen atoms in total. The molecule has 0 aliphatic carbocycles. The molecule has 0 atom stereocenters. The summed E-state index contributed by atoms with van der Waals surface area (Å²) in [6.45, 7) is 15.8. The summed E-state index contributed by atoms with van der Waals surface area (Å²) in [6.07, 6.45) is 1.93. The summed E-state index contributed by atoms with van der Waals surface area (Å²) in [6, 6.07) is 107. The molecule has 0 N–H and O–H groups in total. The van der Waals surface area contributed by atoms with Gasteiger partial charge in [-0.05, 0) is 89.0 Å². The van der Waals surface area contributed by atoms with Gasteiger partial charge in [0, 0.05) is 78.0 Å². The summed E-state index contributed by atoms with van der Waals surface area (Å²) < 4.78 is 9.27. The van der Waals surface area contributed by atoms with Crippen molar-refractivity contribution in [2.24, 2.45) is 0 Å². The Morgan fingerprint density at radius 1 is 0.414 bits per heavy atom. The molecule has 13 aromatic rings. The Morgan fingerprint density at radius 2 is 0.931 bits per heavy atom. The van der Waals surface area contributed by atoms with E-state index < -0.39 is 8.07 Å². The number of rotatable bonds is 12. The van der Waals surface area contributed by atoms with Crippen molar-refractivity contribution >= 4 is 73.4 Å². The Morgan fingerprint density at radius 3 is 1.53 bits per heavy atom. The van der Waals surface area contributed by atoms with Gasteiger partial charge in [-0.3, -0.25) is 0 Å². The first-order valence-electron chi connectivity index (χ1n) is 29.7. The molecule has 2 aromatic heterocycles. The van der Waals surface area contributed by atoms with E-state index in [0.29, 0.717) is 11.5 Å². The van der Waals surface area contributed by atoms with Crippen LogP contribution in [0.5, 0.6) is 11.5 Å². The Labute approximate surface area is 527 Å². The summed E-state index contributed by atoms with van der Waals surface area (Å²) in [5, 5.41) is 7.44. The van der Waals surface area contributed by atoms with Crippen molar-refractivity contribution in [2.45, 2.75) is 52.4 Å². The Hall–Kier alpha value is -9.32. The fraction of sp³-hybridized carbons (Fsp3) is 0.100. The Balaban J connectivity index is 0.00000700. The first-order chi connectivity index (χ1) is 41.9. The van der Waals surface area contributed by atoms with Gasteiger partial charge in [-0.25, -0.2) is 4.98 Å². The van der Waals surface area contributed by atoms with Gasteiger partial charge in [-0.2, -0.15) is 12.1 Å². The molecular weight excluding hydrogens is 1260 g/mol. The van der Waals surface area contributed by atoms with Gasteiger partial charge < -0.3 is 19.1 Å². The molecule has 0 fully saturated rings. The first-order valence-corrected chi connectivity index (χ1v) is 31.7. The molecule has 0 saturated carbocycles. The van der Waals surface area contributed by atoms with E-state index in [1.807, 2.05) is 12.3 Å². The number of benzene rings is 11. The van der Waals surface area contributed by atoms with E-state index in [9.17, 15) is 0 Å². The molecule has 3 heterocycles. The van der Waals surface area contributed by atoms with E-state index in [1.54, 1.807) is 0 Å². The number of ether oxygens (including phenoxy) is 1. The van der Waals surface area contributed by atoms with Crippen LogP contribution < -0.4 is 35.3 Å². The van der Waals surface area contributed by atoms with Crippen molar-refractivity contribution in [2.75, 3.05) is 9.80 Å². The van der Waals surface area contributed by atoms with Crippen molar-refractivity contribution < 1.29 is 25.8 Å². The number of aromatic nitrogens is 2. The summed E-state index contributed by atoms with van der Waals surface area (Å²) in [5.41, 5.74) is 15.1. The van der Waals surface area contributed by atoms with Crippen molar-refractivity contribution in [3.05, 3.63) is 309 Å². The molecule has 1 aliphatic rings. The number of fused-ring (bicyclic) bond motifs is 4. The van der Waals surface area contributed by atoms with Gasteiger partial charge in [0.15, 0.2) is 8.07 Å². The molecule has 0 bridgehead atoms. The van der Waals surface area contributed by atoms with Gasteiger partial charge in [-0.1, -0.05) is 265 Å². The van der Waals surface area contributed by atoms with Crippen LogP contribution >= 0.6 is 0 Å². The van der Waals surface area contributed by atoms with Crippen LogP contribution in [0.1, 0.15) is 52.7 Å². The summed E-state index contributed by atoms with van der Waals surface area (Å²) in [7, 11) is -2.87. The maximum absolute atomic E-state index is 7.00. The number of pyridine rings is 1. The van der Waals surface area contributed by atoms with Crippen molar-refractivity contribution in [1.29, 1.82) is 0 Å². The molecule has 0 radical (unpaired) electrons. The standard InChI is InChI=1S/C80H65N4OSi.Pt/c1-79(2,3)59-31-22-30-58(50-59)70-42-25-43-74-78(70)83(77-68(56-26-12-7-13-27-56)40-24-41-69(77)57-28-14-8-15-29-57)55-82(74)61-32-23-33-62(52-61)85-63-44-46-71-72-54-67(45-47-73(72)84(75(71)53-63)76-51-60(48-49-81-76)80(4,5)6)86(64-34-16-9-17-35-64,65-36-18-10-19-37-65)66-38-20-11-21-39-66;/h7-51,54-55H,1-6H3;/q-3;. The van der Waals surface area contributed by atoms with Crippen LogP contribution in [0, 0.1) is 18.8 Å². The maximum atomic E-state index is 7.00. The summed E-state index contributed by atoms with van der Waals surface area (Å²) in [5.74, 6) is 1.96. The molecule has 7 heteroatoms. The second kappa shape index (κ2) is 23.2. The van der Waals surface area contributed by atoms with E-state index in [0.717, 1.165) is 83.8 Å². The van der Waals surface area contributed by atoms with Crippen LogP contribution in [0.2, 0.25) is 0 Å². The van der Waals surface area contributed by atoms with Crippen molar-refractivity contribution in [1.82, 2.24) is 9.55 Å². The first kappa shape index (κ1) is 56.8. The molecule has 0 saturated heterocycles. The molecule has 428 valence electrons. The minimum Gasteiger partial charge on any atom is -0.509 e. The van der Waals surface area contributed by atoms with E-state index in [1.165, 1.54) is 31.9 Å². The third kappa shape index (κ3) is 10.4. The number of hydrogen-bond acceptors (Lipinski definition) is 4. The van der Waals surface area contributed by atoms with Crippen LogP contribution in [0.3, 0.4) is 0 Å². The molecule has 87 heavy (non-hydrogen) atoms. The van der Waals surface area contributed by atoms with E-state index in [4.69, 9.17) is 9.72 Å². The Bertz CT molecular complexity index is 4460. The quantitative estimate of drug-likeness (QED) is 0.0693. The summed E-state index contributed by atoms with van der Waals surface area (Å²) >= 11 is 0. The molecule has 11 aromatic carbocycles. The zero-order valence-electron chi connectivity index (χ0n) is 49.6. The smallest absolute Gasteiger partial charge is 0.179 e. The normalized spacial score (nSPS) is 12.5. The zero-order valence-corrected chi connectivity index (χ0v) is 52.9. The van der Waals surface area contributed by atoms with E-state index >= 15 is 0 Å². The minimum absolute atomic E-state index is 0. The predicted molar refractivity (Wildman–Crippen MR) is 362 cm³/mol. The van der Waals surface area contributed by atoms with Gasteiger partial charge in [-0.15, -0.1) is 48.1 Å². The van der Waals surface area contributed by atoms with Crippen LogP contribution in [0.15, 0.2) is 279 Å².